The molecule has 36 heavy (non-hydrogen) atoms. The summed E-state index contributed by atoms with van der Waals surface area (Å²) >= 11 is 0. The zero-order chi connectivity index (χ0) is 26.0. The van der Waals surface area contributed by atoms with E-state index in [4.69, 9.17) is 0 Å². The first-order valence-corrected chi connectivity index (χ1v) is 17.9. The largest absolute Gasteiger partial charge is 0.387 e. The molecule has 1 N–H and O–H groups in total. The number of unbranched alkanes of at least 4 members (excludes halogenated alkanes) is 15. The Labute approximate surface area is 224 Å². The molecule has 0 amide bonds. The van der Waals surface area contributed by atoms with Crippen molar-refractivity contribution >= 4 is 20.4 Å². The predicted molar refractivity (Wildman–Crippen MR) is 159 cm³/mol. The van der Waals surface area contributed by atoms with Crippen LogP contribution in [0.1, 0.15) is 110 Å². The van der Waals surface area contributed by atoms with Crippen molar-refractivity contribution in [2.45, 2.75) is 119 Å². The zero-order valence-electron chi connectivity index (χ0n) is 22.9. The molecule has 0 aliphatic heterocycles. The van der Waals surface area contributed by atoms with E-state index in [1.807, 2.05) is 60.7 Å². The minimum Gasteiger partial charge on any atom is -0.265 e. The maximum absolute atomic E-state index is 12.4. The Hall–Kier alpha value is -1.30. The molecule has 0 bridgehead atoms. The molecule has 0 fully saturated rings. The Morgan fingerprint density at radius 3 is 1.19 bits per heavy atom. The molecule has 2 rings (SSSR count). The highest BCUT2D eigenvalue weighted by Gasteiger charge is 2.38. The molecule has 0 saturated heterocycles. The van der Waals surface area contributed by atoms with Crippen LogP contribution >= 0.6 is 10.3 Å². The molecule has 0 spiro atoms. The predicted octanol–water partition coefficient (Wildman–Crippen LogP) is 10.1. The van der Waals surface area contributed by atoms with E-state index in [0.717, 1.165) is 28.4 Å². The van der Waals surface area contributed by atoms with Crippen LogP contribution in [0.3, 0.4) is 0 Å². The topological polar surface area (TPSA) is 46.9 Å². The highest BCUT2D eigenvalue weighted by Crippen LogP contribution is 2.62. The summed E-state index contributed by atoms with van der Waals surface area (Å²) in [5, 5.41) is 0. The maximum Gasteiger partial charge on any atom is 0.387 e. The van der Waals surface area contributed by atoms with Gasteiger partial charge in [-0.1, -0.05) is 140 Å². The molecular weight excluding hydrogens is 484 g/mol. The Bertz CT molecular complexity index is 858. The molecule has 0 unspecified atom stereocenters. The van der Waals surface area contributed by atoms with Crippen molar-refractivity contribution in [3.8, 4) is 0 Å². The van der Waals surface area contributed by atoms with Crippen LogP contribution in [0.5, 0.6) is 0 Å². The van der Waals surface area contributed by atoms with Gasteiger partial charge in [-0.25, -0.2) is 0 Å². The molecule has 204 valence electrons. The van der Waals surface area contributed by atoms with Crippen molar-refractivity contribution in [2.24, 2.45) is 0 Å². The highest BCUT2D eigenvalue weighted by molar-refractivity contribution is 8.32. The van der Waals surface area contributed by atoms with Gasteiger partial charge in [0, 0.05) is 16.1 Å². The van der Waals surface area contributed by atoms with Crippen LogP contribution in [0, 0.1) is 0 Å². The van der Waals surface area contributed by atoms with E-state index in [1.165, 1.54) is 96.1 Å². The fourth-order valence-corrected chi connectivity index (χ4v) is 10.3. The fourth-order valence-electron chi connectivity index (χ4n) is 4.88. The molecule has 0 atom stereocenters. The maximum atomic E-state index is 12.4. The van der Waals surface area contributed by atoms with Crippen molar-refractivity contribution in [2.75, 3.05) is 12.0 Å². The number of rotatable bonds is 21. The molecule has 0 aliphatic rings. The van der Waals surface area contributed by atoms with E-state index in [1.54, 1.807) is 0 Å². The van der Waals surface area contributed by atoms with Crippen LogP contribution in [-0.2, 0) is 10.1 Å². The van der Waals surface area contributed by atoms with Crippen LogP contribution in [-0.4, -0.2) is 24.1 Å². The van der Waals surface area contributed by atoms with Gasteiger partial charge in [0.25, 0.3) is 0 Å². The van der Waals surface area contributed by atoms with Crippen LogP contribution in [0.4, 0.5) is 0 Å². The molecule has 5 heteroatoms. The summed E-state index contributed by atoms with van der Waals surface area (Å²) < 4.78 is 29.4. The van der Waals surface area contributed by atoms with E-state index in [2.05, 4.69) is 10.6 Å². The summed E-state index contributed by atoms with van der Waals surface area (Å²) in [5.74, 6) is 0.784. The lowest BCUT2D eigenvalue weighted by Crippen LogP contribution is -2.19. The summed E-state index contributed by atoms with van der Waals surface area (Å²) in [6.45, 7) is 2.28. The average molecular weight is 536 g/mol. The van der Waals surface area contributed by atoms with Crippen molar-refractivity contribution < 1.29 is 12.0 Å². The van der Waals surface area contributed by atoms with Crippen molar-refractivity contribution in [3.05, 3.63) is 60.7 Å². The summed E-state index contributed by atoms with van der Waals surface area (Å²) in [6, 6.07) is 20.1. The van der Waals surface area contributed by atoms with E-state index in [-0.39, 0.29) is 0 Å². The SMILES string of the molecule is CCCCCCCCCCCCCCCCCCS([OH+]S(C)(=O)=O)(c1ccccc1)c1ccccc1. The van der Waals surface area contributed by atoms with E-state index < -0.39 is 20.4 Å². The van der Waals surface area contributed by atoms with Crippen molar-refractivity contribution in [1.82, 2.24) is 0 Å². The van der Waals surface area contributed by atoms with Gasteiger partial charge in [-0.15, -0.1) is 0 Å². The van der Waals surface area contributed by atoms with Gasteiger partial charge in [0.2, 0.25) is 0 Å². The lowest BCUT2D eigenvalue weighted by atomic mass is 10.0. The van der Waals surface area contributed by atoms with E-state index in [9.17, 15) is 8.42 Å². The minimum absolute atomic E-state index is 0.784. The lowest BCUT2D eigenvalue weighted by molar-refractivity contribution is 0.392. The molecule has 3 nitrogen and oxygen atoms in total. The fraction of sp³-hybridized carbons (Fsp3) is 0.613. The van der Waals surface area contributed by atoms with Crippen LogP contribution in [0.25, 0.3) is 0 Å². The zero-order valence-corrected chi connectivity index (χ0v) is 24.5. The second-order valence-corrected chi connectivity index (χ2v) is 15.0. The van der Waals surface area contributed by atoms with E-state index in [0.29, 0.717) is 0 Å². The van der Waals surface area contributed by atoms with Gasteiger partial charge in [0.05, 0.1) is 9.79 Å². The third-order valence-corrected chi connectivity index (χ3v) is 11.9. The Balaban J connectivity index is 1.72. The van der Waals surface area contributed by atoms with Gasteiger partial charge >= 0.3 is 10.1 Å². The van der Waals surface area contributed by atoms with Gasteiger partial charge in [0.15, 0.2) is 0 Å². The Morgan fingerprint density at radius 2 is 0.861 bits per heavy atom. The molecule has 0 heterocycles. The van der Waals surface area contributed by atoms with Gasteiger partial charge in [0.1, 0.15) is 6.26 Å². The van der Waals surface area contributed by atoms with Gasteiger partial charge in [-0.3, -0.25) is 3.63 Å². The summed E-state index contributed by atoms with van der Waals surface area (Å²) in [5.41, 5.74) is 0. The molecule has 0 saturated carbocycles. The summed E-state index contributed by atoms with van der Waals surface area (Å²) in [7, 11) is -5.48. The van der Waals surface area contributed by atoms with Crippen LogP contribution < -0.4 is 0 Å². The van der Waals surface area contributed by atoms with Gasteiger partial charge < -0.3 is 0 Å². The van der Waals surface area contributed by atoms with Crippen molar-refractivity contribution in [3.63, 3.8) is 0 Å². The van der Waals surface area contributed by atoms with Gasteiger partial charge in [-0.05, 0) is 30.7 Å². The number of hydrogen-bond acceptors (Lipinski definition) is 2. The normalized spacial score (nSPS) is 12.6. The van der Waals surface area contributed by atoms with Crippen molar-refractivity contribution in [1.29, 1.82) is 0 Å². The third kappa shape index (κ3) is 12.3. The number of benzene rings is 2. The summed E-state index contributed by atoms with van der Waals surface area (Å²) in [4.78, 5) is 2.06. The molecular formula is C31H51O3S2+. The highest BCUT2D eigenvalue weighted by atomic mass is 32.3. The molecule has 0 radical (unpaired) electrons. The smallest absolute Gasteiger partial charge is 0.265 e. The Kier molecular flexibility index (Phi) is 15.5. The van der Waals surface area contributed by atoms with Crippen LogP contribution in [0.15, 0.2) is 70.5 Å². The Morgan fingerprint density at radius 1 is 0.528 bits per heavy atom. The van der Waals surface area contributed by atoms with Crippen LogP contribution in [0.2, 0.25) is 0 Å². The molecule has 0 aliphatic carbocycles. The first-order valence-electron chi connectivity index (χ1n) is 14.3. The average Bonchev–Trinajstić information content (AvgIpc) is 2.88. The monoisotopic (exact) mass is 535 g/mol. The number of hydrogen-bond donors (Lipinski definition) is 0. The second kappa shape index (κ2) is 18.0. The first-order chi connectivity index (χ1) is 17.5. The molecule has 2 aromatic carbocycles. The molecule has 2 aromatic rings. The lowest BCUT2D eigenvalue weighted by Gasteiger charge is -2.34. The molecule has 0 aromatic heterocycles. The van der Waals surface area contributed by atoms with Gasteiger partial charge in [-0.2, -0.15) is 8.42 Å². The third-order valence-electron chi connectivity index (χ3n) is 6.82. The standard InChI is InChI=1S/C31H50O3S2/c1-3-4-5-6-7-8-9-10-11-12-13-14-15-16-17-24-29-36(34-35(2,32)33,30-25-20-18-21-26-30)31-27-22-19-23-28-31/h18-23,25-28H,3-17,24,29H2,1-2H3/p+1. The quantitative estimate of drug-likeness (QED) is 0.0906. The first kappa shape index (κ1) is 30.9. The summed E-state index contributed by atoms with van der Waals surface area (Å²) in [6.07, 6.45) is 22.5. The second-order valence-electron chi connectivity index (χ2n) is 10.1. The minimum atomic E-state index is -3.49. The van der Waals surface area contributed by atoms with E-state index >= 15 is 0 Å².